The molecular formula is C53H87N3O6. The van der Waals surface area contributed by atoms with Gasteiger partial charge in [0, 0.05) is 43.9 Å². The lowest BCUT2D eigenvalue weighted by molar-refractivity contribution is -0.125. The number of hydrogen-bond acceptors (Lipinski definition) is 9. The van der Waals surface area contributed by atoms with E-state index in [1.54, 1.807) is 7.11 Å². The number of ether oxygens (including phenoxy) is 1. The normalized spacial score (nSPS) is 41.5. The molecule has 0 aromatic heterocycles. The van der Waals surface area contributed by atoms with Crippen molar-refractivity contribution in [1.29, 1.82) is 0 Å². The van der Waals surface area contributed by atoms with E-state index in [4.69, 9.17) is 10.5 Å². The SMILES string of the molecule is COC1CC2CCC(=O)C(C(O)CCCCC3CC4CCC(=O)CC4NC34CCCCC4)C#CC(CCC(O)CC(C3CCNC(N)C3)C3CCC4CCCCC4C3)C2CC1O. The van der Waals surface area contributed by atoms with Crippen LogP contribution in [0, 0.1) is 76.9 Å². The molecule has 2 heterocycles. The Morgan fingerprint density at radius 3 is 2.39 bits per heavy atom. The Morgan fingerprint density at radius 2 is 1.58 bits per heavy atom. The second-order valence-corrected chi connectivity index (χ2v) is 22.8. The molecule has 2 saturated heterocycles. The lowest BCUT2D eigenvalue weighted by Crippen LogP contribution is -2.63. The molecule has 0 amide bonds. The number of unbranched alkanes of at least 4 members (excludes halogenated alkanes) is 1. The molecule has 350 valence electrons. The first-order chi connectivity index (χ1) is 30.1. The Balaban J connectivity index is 0.916. The van der Waals surface area contributed by atoms with Gasteiger partial charge < -0.3 is 36.4 Å². The van der Waals surface area contributed by atoms with Crippen LogP contribution in [-0.4, -0.2) is 82.7 Å². The van der Waals surface area contributed by atoms with Gasteiger partial charge in [-0.2, -0.15) is 0 Å². The molecule has 1 spiro atoms. The highest BCUT2D eigenvalue weighted by Crippen LogP contribution is 2.50. The summed E-state index contributed by atoms with van der Waals surface area (Å²) in [5.74, 6) is 11.7. The molecule has 9 nitrogen and oxygen atoms in total. The second-order valence-electron chi connectivity index (χ2n) is 22.8. The van der Waals surface area contributed by atoms with E-state index in [0.29, 0.717) is 86.4 Å². The maximum Gasteiger partial charge on any atom is 0.150 e. The number of hydrogen-bond donors (Lipinski definition) is 6. The van der Waals surface area contributed by atoms with Crippen molar-refractivity contribution >= 4 is 11.6 Å². The van der Waals surface area contributed by atoms with Gasteiger partial charge in [-0.25, -0.2) is 0 Å². The Morgan fingerprint density at radius 1 is 0.790 bits per heavy atom. The molecule has 8 aliphatic rings. The second kappa shape index (κ2) is 21.9. The molecule has 0 aromatic carbocycles. The summed E-state index contributed by atoms with van der Waals surface area (Å²) in [6.45, 7) is 0.956. The van der Waals surface area contributed by atoms with Crippen molar-refractivity contribution < 1.29 is 29.6 Å². The highest BCUT2D eigenvalue weighted by Gasteiger charge is 2.49. The Labute approximate surface area is 375 Å². The van der Waals surface area contributed by atoms with Gasteiger partial charge >= 0.3 is 0 Å². The molecule has 6 aliphatic carbocycles. The predicted molar refractivity (Wildman–Crippen MR) is 245 cm³/mol. The number of rotatable bonds is 14. The van der Waals surface area contributed by atoms with E-state index < -0.39 is 24.2 Å². The lowest BCUT2D eigenvalue weighted by atomic mass is 9.61. The number of piperidine rings is 2. The number of Topliss-reactive ketones (excluding diaryl/α,β-unsaturated/α-hetero) is 2. The molecule has 7 N–H and O–H groups in total. The van der Waals surface area contributed by atoms with Crippen molar-refractivity contribution in [1.82, 2.24) is 10.6 Å². The van der Waals surface area contributed by atoms with Gasteiger partial charge in [-0.1, -0.05) is 69.6 Å². The topological polar surface area (TPSA) is 154 Å². The monoisotopic (exact) mass is 862 g/mol. The number of aliphatic hydroxyl groups is 3. The standard InChI is InChI=1S/C53H87N3O6/c1-62-51-29-38-18-22-49(60)44(48(59)12-6-5-11-41-28-40-16-20-43(58)32-47(40)56-53(41)24-7-2-8-25-53)21-17-35(46(38)33-50(51)61)15-19-42(57)31-45(39-23-26-55-52(54)30-39)37-14-13-34-9-3-4-10-36(34)27-37/h34-42,44-48,50-52,55-57,59,61H,2-16,18-20,22-33,54H2,1H3. The van der Waals surface area contributed by atoms with Crippen LogP contribution < -0.4 is 16.4 Å². The summed E-state index contributed by atoms with van der Waals surface area (Å²) in [6.07, 6.45) is 27.8. The smallest absolute Gasteiger partial charge is 0.150 e. The van der Waals surface area contributed by atoms with Crippen LogP contribution >= 0.6 is 0 Å². The molecule has 2 aliphatic heterocycles. The number of ketones is 2. The number of fused-ring (bicyclic) bond motifs is 3. The molecule has 0 radical (unpaired) electrons. The van der Waals surface area contributed by atoms with E-state index in [1.807, 2.05) is 0 Å². The highest BCUT2D eigenvalue weighted by atomic mass is 16.5. The van der Waals surface area contributed by atoms with Crippen molar-refractivity contribution in [3.05, 3.63) is 0 Å². The number of nitrogens with one attached hydrogen (secondary N) is 2. The number of methoxy groups -OCH3 is 1. The van der Waals surface area contributed by atoms with Crippen LogP contribution in [0.4, 0.5) is 0 Å². The van der Waals surface area contributed by atoms with Crippen molar-refractivity contribution in [2.75, 3.05) is 13.7 Å². The quantitative estimate of drug-likeness (QED) is 0.0754. The summed E-state index contributed by atoms with van der Waals surface area (Å²) >= 11 is 0. The van der Waals surface area contributed by atoms with Crippen LogP contribution in [0.3, 0.4) is 0 Å². The third-order valence-corrected chi connectivity index (χ3v) is 19.1. The number of nitrogens with two attached hydrogens (primary N) is 1. The van der Waals surface area contributed by atoms with Crippen LogP contribution in [0.1, 0.15) is 186 Å². The van der Waals surface area contributed by atoms with Crippen molar-refractivity contribution in [3.8, 4) is 11.8 Å². The van der Waals surface area contributed by atoms with Gasteiger partial charge in [-0.15, -0.1) is 0 Å². The Bertz CT molecular complexity index is 1520. The van der Waals surface area contributed by atoms with Crippen LogP contribution in [0.5, 0.6) is 0 Å². The first-order valence-electron chi connectivity index (χ1n) is 26.5. The maximum atomic E-state index is 14.0. The molecular weight excluding hydrogens is 775 g/mol. The average molecular weight is 862 g/mol. The van der Waals surface area contributed by atoms with E-state index in [9.17, 15) is 24.9 Å². The zero-order valence-corrected chi connectivity index (χ0v) is 38.7. The zero-order valence-electron chi connectivity index (χ0n) is 38.7. The van der Waals surface area contributed by atoms with Crippen molar-refractivity contribution in [2.45, 2.75) is 228 Å². The molecule has 8 rings (SSSR count). The lowest BCUT2D eigenvalue weighted by Gasteiger charge is -2.54. The third kappa shape index (κ3) is 11.4. The first kappa shape index (κ1) is 47.1. The number of carbonyl (C=O) groups is 2. The molecule has 7 fully saturated rings. The molecule has 0 aromatic rings. The maximum absolute atomic E-state index is 14.0. The summed E-state index contributed by atoms with van der Waals surface area (Å²) in [6, 6.07) is 0.349. The summed E-state index contributed by atoms with van der Waals surface area (Å²) in [5.41, 5.74) is 6.66. The minimum Gasteiger partial charge on any atom is -0.393 e. The summed E-state index contributed by atoms with van der Waals surface area (Å²) in [5, 5.41) is 42.6. The molecule has 0 bridgehead atoms. The van der Waals surface area contributed by atoms with E-state index in [-0.39, 0.29) is 41.3 Å². The fourth-order valence-electron chi connectivity index (χ4n) is 15.7. The van der Waals surface area contributed by atoms with Gasteiger partial charge in [0.05, 0.1) is 30.6 Å². The fourth-order valence-corrected chi connectivity index (χ4v) is 15.7. The van der Waals surface area contributed by atoms with Gasteiger partial charge in [-0.3, -0.25) is 9.59 Å². The molecule has 5 saturated carbocycles. The van der Waals surface area contributed by atoms with Crippen LogP contribution in [0.25, 0.3) is 0 Å². The fraction of sp³-hybridized carbons (Fsp3) is 0.925. The molecule has 17 atom stereocenters. The first-order valence-corrected chi connectivity index (χ1v) is 26.5. The van der Waals surface area contributed by atoms with Gasteiger partial charge in [0.25, 0.3) is 0 Å². The number of carbonyl (C=O) groups excluding carboxylic acids is 2. The van der Waals surface area contributed by atoms with Gasteiger partial charge in [0.2, 0.25) is 0 Å². The van der Waals surface area contributed by atoms with Crippen LogP contribution in [-0.2, 0) is 14.3 Å². The number of aliphatic hydroxyl groups excluding tert-OH is 3. The van der Waals surface area contributed by atoms with Crippen molar-refractivity contribution in [3.63, 3.8) is 0 Å². The zero-order chi connectivity index (χ0) is 43.2. The van der Waals surface area contributed by atoms with E-state index in [1.165, 1.54) is 83.5 Å². The summed E-state index contributed by atoms with van der Waals surface area (Å²) in [7, 11) is 1.68. The Hall–Kier alpha value is -1.38. The molecule has 17 unspecified atom stereocenters. The Kier molecular flexibility index (Phi) is 16.7. The van der Waals surface area contributed by atoms with E-state index >= 15 is 0 Å². The van der Waals surface area contributed by atoms with E-state index in [0.717, 1.165) is 76.2 Å². The van der Waals surface area contributed by atoms with Gasteiger partial charge in [-0.05, 0) is 169 Å². The largest absolute Gasteiger partial charge is 0.393 e. The highest BCUT2D eigenvalue weighted by molar-refractivity contribution is 5.84. The average Bonchev–Trinajstić information content (AvgIpc) is 3.33. The third-order valence-electron chi connectivity index (χ3n) is 19.1. The van der Waals surface area contributed by atoms with E-state index in [2.05, 4.69) is 22.5 Å². The van der Waals surface area contributed by atoms with Gasteiger partial charge in [0.15, 0.2) is 0 Å². The van der Waals surface area contributed by atoms with Crippen LogP contribution in [0.2, 0.25) is 0 Å². The summed E-state index contributed by atoms with van der Waals surface area (Å²) in [4.78, 5) is 26.4. The summed E-state index contributed by atoms with van der Waals surface area (Å²) < 4.78 is 5.76. The van der Waals surface area contributed by atoms with Crippen molar-refractivity contribution in [2.24, 2.45) is 70.8 Å². The predicted octanol–water partition coefficient (Wildman–Crippen LogP) is 8.00. The molecule has 9 heteroatoms. The minimum absolute atomic E-state index is 0.0337. The minimum atomic E-state index is -0.795. The van der Waals surface area contributed by atoms with Crippen LogP contribution in [0.15, 0.2) is 0 Å². The van der Waals surface area contributed by atoms with Gasteiger partial charge in [0.1, 0.15) is 17.5 Å². The molecule has 62 heavy (non-hydrogen) atoms.